The van der Waals surface area contributed by atoms with Crippen molar-refractivity contribution in [3.63, 3.8) is 0 Å². The number of carbonyl (C=O) groups excluding carboxylic acids is 1. The summed E-state index contributed by atoms with van der Waals surface area (Å²) in [5, 5.41) is 2.82. The van der Waals surface area contributed by atoms with Crippen molar-refractivity contribution in [2.75, 3.05) is 0 Å². The van der Waals surface area contributed by atoms with Gasteiger partial charge in [0.25, 0.3) is 5.91 Å². The molecule has 0 aromatic heterocycles. The average Bonchev–Trinajstić information content (AvgIpc) is 2.54. The van der Waals surface area contributed by atoms with E-state index in [1.807, 2.05) is 26.0 Å². The number of amidine groups is 1. The molecule has 3 heteroatoms. The van der Waals surface area contributed by atoms with Gasteiger partial charge in [0.2, 0.25) is 0 Å². The molecule has 1 aliphatic heterocycles. The molecule has 0 radical (unpaired) electrons. The molecule has 3 nitrogen and oxygen atoms in total. The van der Waals surface area contributed by atoms with Crippen molar-refractivity contribution in [1.29, 1.82) is 0 Å². The largest absolute Gasteiger partial charge is 0.308 e. The molecule has 1 aromatic rings. The molecule has 1 heterocycles. The molecule has 2 rings (SSSR count). The molecule has 0 unspecified atom stereocenters. The van der Waals surface area contributed by atoms with E-state index < -0.39 is 5.54 Å². The lowest BCUT2D eigenvalue weighted by atomic mass is 10.0. The Balaban J connectivity index is 2.28. The molecule has 0 atom stereocenters. The lowest BCUT2D eigenvalue weighted by molar-refractivity contribution is -0.122. The highest BCUT2D eigenvalue weighted by atomic mass is 16.2. The Morgan fingerprint density at radius 1 is 1.18 bits per heavy atom. The van der Waals surface area contributed by atoms with Crippen LogP contribution in [0, 0.1) is 0 Å². The van der Waals surface area contributed by atoms with E-state index in [2.05, 4.69) is 36.3 Å². The Hall–Kier alpha value is -1.64. The van der Waals surface area contributed by atoms with Crippen LogP contribution in [0.2, 0.25) is 0 Å². The Kier molecular flexibility index (Phi) is 2.77. The number of benzene rings is 1. The highest BCUT2D eigenvalue weighted by Crippen LogP contribution is 2.19. The second-order valence-electron chi connectivity index (χ2n) is 5.25. The van der Waals surface area contributed by atoms with Crippen molar-refractivity contribution < 1.29 is 4.79 Å². The van der Waals surface area contributed by atoms with Crippen LogP contribution < -0.4 is 5.32 Å². The van der Waals surface area contributed by atoms with Crippen LogP contribution in [-0.2, 0) is 4.79 Å². The Labute approximate surface area is 102 Å². The van der Waals surface area contributed by atoms with Gasteiger partial charge in [-0.25, -0.2) is 0 Å². The van der Waals surface area contributed by atoms with Crippen molar-refractivity contribution >= 4 is 11.7 Å². The van der Waals surface area contributed by atoms with E-state index in [0.717, 1.165) is 5.56 Å². The minimum absolute atomic E-state index is 0.0413. The maximum Gasteiger partial charge on any atom is 0.252 e. The molecule has 0 saturated heterocycles. The van der Waals surface area contributed by atoms with E-state index in [4.69, 9.17) is 0 Å². The van der Waals surface area contributed by atoms with Crippen molar-refractivity contribution in [3.05, 3.63) is 35.4 Å². The first-order chi connectivity index (χ1) is 7.90. The van der Waals surface area contributed by atoms with Gasteiger partial charge in [-0.15, -0.1) is 0 Å². The molecule has 0 saturated carbocycles. The van der Waals surface area contributed by atoms with Gasteiger partial charge in [0.15, 0.2) is 0 Å². The minimum atomic E-state index is -0.647. The zero-order valence-electron chi connectivity index (χ0n) is 10.7. The number of hydrogen-bond acceptors (Lipinski definition) is 2. The zero-order chi connectivity index (χ0) is 12.6. The molecular formula is C14H18N2O. The SMILES string of the molecule is CC(C)c1ccc(C2=NC(C)(C)C(=O)N2)cc1. The van der Waals surface area contributed by atoms with Gasteiger partial charge >= 0.3 is 0 Å². The van der Waals surface area contributed by atoms with E-state index in [0.29, 0.717) is 11.8 Å². The highest BCUT2D eigenvalue weighted by molar-refractivity contribution is 6.15. The van der Waals surface area contributed by atoms with Crippen molar-refractivity contribution in [3.8, 4) is 0 Å². The molecule has 1 aromatic carbocycles. The van der Waals surface area contributed by atoms with E-state index in [-0.39, 0.29) is 5.91 Å². The van der Waals surface area contributed by atoms with Crippen LogP contribution in [0.15, 0.2) is 29.3 Å². The van der Waals surface area contributed by atoms with Gasteiger partial charge in [-0.05, 0) is 25.3 Å². The van der Waals surface area contributed by atoms with E-state index in [1.54, 1.807) is 0 Å². The fourth-order valence-electron chi connectivity index (χ4n) is 1.78. The van der Waals surface area contributed by atoms with Gasteiger partial charge in [0, 0.05) is 5.56 Å². The number of rotatable bonds is 2. The smallest absolute Gasteiger partial charge is 0.252 e. The van der Waals surface area contributed by atoms with Gasteiger partial charge in [-0.3, -0.25) is 9.79 Å². The fraction of sp³-hybridized carbons (Fsp3) is 0.429. The van der Waals surface area contributed by atoms with Crippen LogP contribution >= 0.6 is 0 Å². The quantitative estimate of drug-likeness (QED) is 0.833. The highest BCUT2D eigenvalue weighted by Gasteiger charge is 2.34. The summed E-state index contributed by atoms with van der Waals surface area (Å²) in [7, 11) is 0. The van der Waals surface area contributed by atoms with Gasteiger partial charge < -0.3 is 5.32 Å². The lowest BCUT2D eigenvalue weighted by Gasteiger charge is -2.07. The summed E-state index contributed by atoms with van der Waals surface area (Å²) >= 11 is 0. The number of carbonyl (C=O) groups is 1. The van der Waals surface area contributed by atoms with Gasteiger partial charge in [-0.2, -0.15) is 0 Å². The Morgan fingerprint density at radius 3 is 2.18 bits per heavy atom. The Morgan fingerprint density at radius 2 is 1.76 bits per heavy atom. The fourth-order valence-corrected chi connectivity index (χ4v) is 1.78. The third-order valence-corrected chi connectivity index (χ3v) is 3.03. The van der Waals surface area contributed by atoms with E-state index in [1.165, 1.54) is 5.56 Å². The molecule has 0 bridgehead atoms. The van der Waals surface area contributed by atoms with Crippen LogP contribution in [0.3, 0.4) is 0 Å². The Bertz CT molecular complexity index is 470. The standard InChI is InChI=1S/C14H18N2O/c1-9(2)10-5-7-11(8-6-10)12-15-13(17)14(3,4)16-12/h5-9H,1-4H3,(H,15,16,17). The summed E-state index contributed by atoms with van der Waals surface area (Å²) < 4.78 is 0. The molecular weight excluding hydrogens is 212 g/mol. The third kappa shape index (κ3) is 2.23. The zero-order valence-corrected chi connectivity index (χ0v) is 10.7. The first-order valence-electron chi connectivity index (χ1n) is 5.92. The molecule has 1 N–H and O–H groups in total. The minimum Gasteiger partial charge on any atom is -0.308 e. The van der Waals surface area contributed by atoms with Crippen molar-refractivity contribution in [2.24, 2.45) is 4.99 Å². The molecule has 0 spiro atoms. The normalized spacial score (nSPS) is 18.2. The molecule has 1 amide bonds. The first kappa shape index (κ1) is 11.8. The van der Waals surface area contributed by atoms with Crippen LogP contribution in [0.4, 0.5) is 0 Å². The van der Waals surface area contributed by atoms with E-state index >= 15 is 0 Å². The van der Waals surface area contributed by atoms with Crippen LogP contribution in [0.25, 0.3) is 0 Å². The number of aliphatic imine (C=N–C) groups is 1. The topological polar surface area (TPSA) is 41.5 Å². The molecule has 0 aliphatic carbocycles. The maximum atomic E-state index is 11.6. The molecule has 17 heavy (non-hydrogen) atoms. The second-order valence-corrected chi connectivity index (χ2v) is 5.25. The first-order valence-corrected chi connectivity index (χ1v) is 5.92. The molecule has 90 valence electrons. The number of hydrogen-bond donors (Lipinski definition) is 1. The maximum absolute atomic E-state index is 11.6. The summed E-state index contributed by atoms with van der Waals surface area (Å²) in [5.41, 5.74) is 1.61. The molecule has 0 fully saturated rings. The summed E-state index contributed by atoms with van der Waals surface area (Å²) in [6.45, 7) is 7.95. The van der Waals surface area contributed by atoms with Crippen LogP contribution in [-0.4, -0.2) is 17.3 Å². The summed E-state index contributed by atoms with van der Waals surface area (Å²) in [5.74, 6) is 1.15. The lowest BCUT2D eigenvalue weighted by Crippen LogP contribution is -2.34. The van der Waals surface area contributed by atoms with Crippen molar-refractivity contribution in [1.82, 2.24) is 5.32 Å². The number of nitrogens with zero attached hydrogens (tertiary/aromatic N) is 1. The summed E-state index contributed by atoms with van der Waals surface area (Å²) in [4.78, 5) is 16.0. The number of amides is 1. The van der Waals surface area contributed by atoms with Crippen LogP contribution in [0.5, 0.6) is 0 Å². The summed E-state index contributed by atoms with van der Waals surface area (Å²) in [6, 6.07) is 8.19. The number of nitrogens with one attached hydrogen (secondary N) is 1. The second kappa shape index (κ2) is 3.99. The predicted octanol–water partition coefficient (Wildman–Crippen LogP) is 2.47. The summed E-state index contributed by atoms with van der Waals surface area (Å²) in [6.07, 6.45) is 0. The predicted molar refractivity (Wildman–Crippen MR) is 69.3 cm³/mol. The van der Waals surface area contributed by atoms with Crippen molar-refractivity contribution in [2.45, 2.75) is 39.2 Å². The monoisotopic (exact) mass is 230 g/mol. The van der Waals surface area contributed by atoms with Gasteiger partial charge in [0.1, 0.15) is 11.4 Å². The van der Waals surface area contributed by atoms with E-state index in [9.17, 15) is 4.79 Å². The third-order valence-electron chi connectivity index (χ3n) is 3.03. The average molecular weight is 230 g/mol. The van der Waals surface area contributed by atoms with Gasteiger partial charge in [0.05, 0.1) is 0 Å². The van der Waals surface area contributed by atoms with Gasteiger partial charge in [-0.1, -0.05) is 38.1 Å². The van der Waals surface area contributed by atoms with Crippen LogP contribution in [0.1, 0.15) is 44.7 Å². The molecule has 1 aliphatic rings.